The van der Waals surface area contributed by atoms with Crippen LogP contribution in [-0.4, -0.2) is 12.7 Å². The molecule has 70 valence electrons. The second-order valence-corrected chi connectivity index (χ2v) is 4.47. The summed E-state index contributed by atoms with van der Waals surface area (Å²) in [5, 5.41) is 0. The van der Waals surface area contributed by atoms with Gasteiger partial charge in [-0.05, 0) is 50.0 Å². The molecular formula is C10H18FN. The minimum Gasteiger partial charge on any atom is -0.330 e. The molecule has 2 heteroatoms. The van der Waals surface area contributed by atoms with E-state index in [1.165, 1.54) is 6.42 Å². The van der Waals surface area contributed by atoms with E-state index in [0.29, 0.717) is 17.8 Å². The molecule has 1 nitrogen and oxygen atoms in total. The van der Waals surface area contributed by atoms with Gasteiger partial charge in [0.05, 0.1) is 0 Å². The summed E-state index contributed by atoms with van der Waals surface area (Å²) in [6.07, 6.45) is 5.05. The maximum atomic E-state index is 13.6. The van der Waals surface area contributed by atoms with Crippen LogP contribution in [0.3, 0.4) is 0 Å². The summed E-state index contributed by atoms with van der Waals surface area (Å²) >= 11 is 0. The normalized spacial score (nSPS) is 47.5. The van der Waals surface area contributed by atoms with Crippen LogP contribution >= 0.6 is 0 Å². The lowest BCUT2D eigenvalue weighted by molar-refractivity contribution is 0.0274. The molecule has 2 N–H and O–H groups in total. The molecule has 0 amide bonds. The highest BCUT2D eigenvalue weighted by molar-refractivity contribution is 4.90. The highest BCUT2D eigenvalue weighted by Crippen LogP contribution is 2.43. The molecule has 2 saturated carbocycles. The van der Waals surface area contributed by atoms with Crippen LogP contribution in [0.25, 0.3) is 0 Å². The van der Waals surface area contributed by atoms with E-state index in [2.05, 4.69) is 0 Å². The quantitative estimate of drug-likeness (QED) is 0.642. The zero-order valence-corrected chi connectivity index (χ0v) is 7.51. The first-order valence-corrected chi connectivity index (χ1v) is 5.15. The van der Waals surface area contributed by atoms with Gasteiger partial charge in [0.1, 0.15) is 6.17 Å². The van der Waals surface area contributed by atoms with Crippen LogP contribution in [0.15, 0.2) is 0 Å². The zero-order valence-electron chi connectivity index (χ0n) is 7.51. The largest absolute Gasteiger partial charge is 0.330 e. The lowest BCUT2D eigenvalue weighted by Gasteiger charge is -2.41. The van der Waals surface area contributed by atoms with Gasteiger partial charge in [-0.1, -0.05) is 6.42 Å². The fraction of sp³-hybridized carbons (Fsp3) is 1.00. The minimum absolute atomic E-state index is 0.353. The van der Waals surface area contributed by atoms with Gasteiger partial charge in [0, 0.05) is 0 Å². The third kappa shape index (κ3) is 1.37. The summed E-state index contributed by atoms with van der Waals surface area (Å²) in [6.45, 7) is 0.764. The number of halogens is 1. The Morgan fingerprint density at radius 3 is 2.25 bits per heavy atom. The summed E-state index contributed by atoms with van der Waals surface area (Å²) in [4.78, 5) is 0. The van der Waals surface area contributed by atoms with E-state index in [4.69, 9.17) is 5.73 Å². The molecule has 0 spiro atoms. The third-order valence-electron chi connectivity index (χ3n) is 3.66. The van der Waals surface area contributed by atoms with Crippen LogP contribution in [-0.2, 0) is 0 Å². The molecule has 0 unspecified atom stereocenters. The fourth-order valence-electron chi connectivity index (χ4n) is 2.99. The Bertz CT molecular complexity index is 146. The summed E-state index contributed by atoms with van der Waals surface area (Å²) in [5.41, 5.74) is 5.63. The maximum absolute atomic E-state index is 13.6. The lowest BCUT2D eigenvalue weighted by atomic mass is 9.67. The number of hydrogen-bond donors (Lipinski definition) is 1. The van der Waals surface area contributed by atoms with Gasteiger partial charge in [-0.3, -0.25) is 0 Å². The van der Waals surface area contributed by atoms with Crippen LogP contribution in [0.1, 0.15) is 32.1 Å². The Morgan fingerprint density at radius 2 is 1.75 bits per heavy atom. The van der Waals surface area contributed by atoms with Crippen molar-refractivity contribution in [3.8, 4) is 0 Å². The van der Waals surface area contributed by atoms with Crippen LogP contribution in [0.4, 0.5) is 4.39 Å². The number of hydrogen-bond acceptors (Lipinski definition) is 1. The summed E-state index contributed by atoms with van der Waals surface area (Å²) in [7, 11) is 0. The smallest absolute Gasteiger partial charge is 0.106 e. The van der Waals surface area contributed by atoms with E-state index in [1.807, 2.05) is 0 Å². The molecule has 0 aliphatic heterocycles. The SMILES string of the molecule is NCC1C[C@@H]2CCC[C@@H](C1)C2F. The van der Waals surface area contributed by atoms with E-state index in [-0.39, 0.29) is 0 Å². The molecule has 2 fully saturated rings. The number of fused-ring (bicyclic) bond motifs is 2. The van der Waals surface area contributed by atoms with Gasteiger partial charge in [0.15, 0.2) is 0 Å². The molecule has 2 bridgehead atoms. The van der Waals surface area contributed by atoms with Crippen molar-refractivity contribution in [1.29, 1.82) is 0 Å². The van der Waals surface area contributed by atoms with E-state index in [1.54, 1.807) is 0 Å². The molecule has 2 aliphatic carbocycles. The standard InChI is InChI=1S/C10H18FN/c11-10-8-2-1-3-9(10)5-7(4-8)6-12/h7-10H,1-6,12H2/t7?,8-,9-,10?/m0/s1. The Hall–Kier alpha value is -0.110. The molecule has 0 radical (unpaired) electrons. The second-order valence-electron chi connectivity index (χ2n) is 4.47. The van der Waals surface area contributed by atoms with Gasteiger partial charge in [0.25, 0.3) is 0 Å². The minimum atomic E-state index is -0.499. The zero-order chi connectivity index (χ0) is 8.55. The van der Waals surface area contributed by atoms with E-state index in [0.717, 1.165) is 32.2 Å². The van der Waals surface area contributed by atoms with E-state index < -0.39 is 6.17 Å². The number of rotatable bonds is 1. The summed E-state index contributed by atoms with van der Waals surface area (Å²) in [5.74, 6) is 1.32. The molecule has 0 heterocycles. The molecule has 12 heavy (non-hydrogen) atoms. The van der Waals surface area contributed by atoms with Crippen LogP contribution in [0.5, 0.6) is 0 Å². The van der Waals surface area contributed by atoms with Crippen molar-refractivity contribution < 1.29 is 4.39 Å². The van der Waals surface area contributed by atoms with Gasteiger partial charge in [-0.15, -0.1) is 0 Å². The van der Waals surface area contributed by atoms with Crippen molar-refractivity contribution in [2.75, 3.05) is 6.54 Å². The Balaban J connectivity index is 2.02. The predicted octanol–water partition coefficient (Wildman–Crippen LogP) is 2.11. The molecular weight excluding hydrogens is 153 g/mol. The van der Waals surface area contributed by atoms with Crippen LogP contribution in [0, 0.1) is 17.8 Å². The van der Waals surface area contributed by atoms with Crippen molar-refractivity contribution in [3.05, 3.63) is 0 Å². The Kier molecular flexibility index (Phi) is 2.35. The van der Waals surface area contributed by atoms with Crippen molar-refractivity contribution in [3.63, 3.8) is 0 Å². The van der Waals surface area contributed by atoms with Gasteiger partial charge in [-0.25, -0.2) is 4.39 Å². The fourth-order valence-corrected chi connectivity index (χ4v) is 2.99. The predicted molar refractivity (Wildman–Crippen MR) is 47.5 cm³/mol. The van der Waals surface area contributed by atoms with Gasteiger partial charge in [-0.2, -0.15) is 0 Å². The van der Waals surface area contributed by atoms with E-state index >= 15 is 0 Å². The maximum Gasteiger partial charge on any atom is 0.106 e. The van der Waals surface area contributed by atoms with Crippen LogP contribution < -0.4 is 5.73 Å². The molecule has 2 rings (SSSR count). The molecule has 2 aliphatic rings. The number of nitrogens with two attached hydrogens (primary N) is 1. The molecule has 0 saturated heterocycles. The summed E-state index contributed by atoms with van der Waals surface area (Å²) < 4.78 is 13.6. The topological polar surface area (TPSA) is 26.0 Å². The molecule has 2 atom stereocenters. The average molecular weight is 171 g/mol. The van der Waals surface area contributed by atoms with Gasteiger partial charge in [0.2, 0.25) is 0 Å². The third-order valence-corrected chi connectivity index (χ3v) is 3.66. The molecule has 0 aromatic heterocycles. The Labute approximate surface area is 73.5 Å². The summed E-state index contributed by atoms with van der Waals surface area (Å²) in [6, 6.07) is 0. The highest BCUT2D eigenvalue weighted by atomic mass is 19.1. The monoisotopic (exact) mass is 171 g/mol. The van der Waals surface area contributed by atoms with Crippen molar-refractivity contribution in [2.45, 2.75) is 38.3 Å². The second kappa shape index (κ2) is 3.33. The molecule has 0 aromatic carbocycles. The number of alkyl halides is 1. The average Bonchev–Trinajstić information content (AvgIpc) is 2.04. The van der Waals surface area contributed by atoms with Crippen molar-refractivity contribution >= 4 is 0 Å². The first-order chi connectivity index (χ1) is 5.81. The van der Waals surface area contributed by atoms with Crippen molar-refractivity contribution in [2.24, 2.45) is 23.5 Å². The Morgan fingerprint density at radius 1 is 1.17 bits per heavy atom. The van der Waals surface area contributed by atoms with E-state index in [9.17, 15) is 4.39 Å². The lowest BCUT2D eigenvalue weighted by Crippen LogP contribution is -2.39. The first kappa shape index (κ1) is 8.49. The highest BCUT2D eigenvalue weighted by Gasteiger charge is 2.39. The first-order valence-electron chi connectivity index (χ1n) is 5.15. The van der Waals surface area contributed by atoms with Gasteiger partial charge >= 0.3 is 0 Å². The van der Waals surface area contributed by atoms with Crippen LogP contribution in [0.2, 0.25) is 0 Å². The van der Waals surface area contributed by atoms with Crippen molar-refractivity contribution in [1.82, 2.24) is 0 Å². The molecule has 0 aromatic rings. The van der Waals surface area contributed by atoms with Gasteiger partial charge < -0.3 is 5.73 Å².